The Hall–Kier alpha value is -0.870. The van der Waals surface area contributed by atoms with Gasteiger partial charge in [0.15, 0.2) is 0 Å². The third-order valence-electron chi connectivity index (χ3n) is 4.21. The highest BCUT2D eigenvalue weighted by Gasteiger charge is 2.34. The van der Waals surface area contributed by atoms with Crippen LogP contribution in [0.1, 0.15) is 37.7 Å². The van der Waals surface area contributed by atoms with Crippen LogP contribution in [0.2, 0.25) is 0 Å². The Morgan fingerprint density at radius 1 is 1.30 bits per heavy atom. The molecule has 0 spiro atoms. The molecule has 2 N–H and O–H groups in total. The molecule has 3 nitrogen and oxygen atoms in total. The number of benzene rings is 1. The first kappa shape index (κ1) is 15.5. The maximum absolute atomic E-state index is 11.6. The lowest BCUT2D eigenvalue weighted by Crippen LogP contribution is -2.33. The number of halogens is 1. The molecule has 20 heavy (non-hydrogen) atoms. The zero-order chi connectivity index (χ0) is 14.5. The molecule has 1 aromatic rings. The first-order valence-corrected chi connectivity index (χ1v) is 8.02. The van der Waals surface area contributed by atoms with Crippen LogP contribution in [0.25, 0.3) is 0 Å². The van der Waals surface area contributed by atoms with E-state index in [2.05, 4.69) is 15.9 Å². The van der Waals surface area contributed by atoms with Crippen molar-refractivity contribution in [2.75, 3.05) is 0 Å². The molecule has 0 amide bonds. The summed E-state index contributed by atoms with van der Waals surface area (Å²) in [6.07, 6.45) is 4.66. The molecule has 3 unspecified atom stereocenters. The van der Waals surface area contributed by atoms with Crippen molar-refractivity contribution in [2.45, 2.75) is 44.6 Å². The number of carbonyl (C=O) groups is 1. The molecule has 0 aliphatic heterocycles. The Labute approximate surface area is 128 Å². The quantitative estimate of drug-likeness (QED) is 0.822. The first-order valence-electron chi connectivity index (χ1n) is 7.23. The summed E-state index contributed by atoms with van der Waals surface area (Å²) in [5.41, 5.74) is 1.00. The van der Waals surface area contributed by atoms with E-state index in [1.54, 1.807) is 0 Å². The van der Waals surface area contributed by atoms with Crippen molar-refractivity contribution in [1.29, 1.82) is 0 Å². The third kappa shape index (κ3) is 4.06. The van der Waals surface area contributed by atoms with E-state index >= 15 is 0 Å². The molecular formula is C16H21BrO3. The molecule has 0 aromatic heterocycles. The van der Waals surface area contributed by atoms with Crippen molar-refractivity contribution >= 4 is 21.9 Å². The molecule has 4 heteroatoms. The van der Waals surface area contributed by atoms with Gasteiger partial charge in [-0.2, -0.15) is 0 Å². The van der Waals surface area contributed by atoms with Crippen LogP contribution in [-0.4, -0.2) is 22.3 Å². The standard InChI is InChI=1S/C16H21BrO3/c17-12-6-4-5-11(9-12)10-14(16(19)20)13-7-2-1-3-8-15(13)18/h4-6,9,13-15,18H,1-3,7-8,10H2,(H,19,20). The molecule has 1 fully saturated rings. The first-order chi connectivity index (χ1) is 9.58. The summed E-state index contributed by atoms with van der Waals surface area (Å²) in [5, 5.41) is 19.8. The number of aliphatic hydroxyl groups excluding tert-OH is 1. The van der Waals surface area contributed by atoms with Crippen molar-refractivity contribution in [1.82, 2.24) is 0 Å². The normalized spacial score (nSPS) is 24.9. The smallest absolute Gasteiger partial charge is 0.307 e. The molecule has 1 aliphatic rings. The van der Waals surface area contributed by atoms with E-state index in [-0.39, 0.29) is 5.92 Å². The monoisotopic (exact) mass is 340 g/mol. The van der Waals surface area contributed by atoms with Crippen LogP contribution in [-0.2, 0) is 11.2 Å². The van der Waals surface area contributed by atoms with Crippen molar-refractivity contribution in [2.24, 2.45) is 11.8 Å². The summed E-state index contributed by atoms with van der Waals surface area (Å²) in [4.78, 5) is 11.6. The number of aliphatic hydroxyl groups is 1. The van der Waals surface area contributed by atoms with Crippen molar-refractivity contribution in [3.63, 3.8) is 0 Å². The van der Waals surface area contributed by atoms with Gasteiger partial charge in [-0.15, -0.1) is 0 Å². The molecular weight excluding hydrogens is 320 g/mol. The summed E-state index contributed by atoms with van der Waals surface area (Å²) in [7, 11) is 0. The molecule has 110 valence electrons. The highest BCUT2D eigenvalue weighted by atomic mass is 79.9. The molecule has 1 aliphatic carbocycles. The predicted molar refractivity (Wildman–Crippen MR) is 81.6 cm³/mol. The Bertz CT molecular complexity index is 461. The largest absolute Gasteiger partial charge is 0.481 e. The van der Waals surface area contributed by atoms with E-state index in [1.165, 1.54) is 0 Å². The van der Waals surface area contributed by atoms with Gasteiger partial charge in [0.05, 0.1) is 12.0 Å². The maximum atomic E-state index is 11.6. The van der Waals surface area contributed by atoms with Crippen molar-refractivity contribution in [3.8, 4) is 0 Å². The van der Waals surface area contributed by atoms with Crippen LogP contribution in [0.3, 0.4) is 0 Å². The predicted octanol–water partition coefficient (Wildman–Crippen LogP) is 3.63. The van der Waals surface area contributed by atoms with Crippen LogP contribution in [0.5, 0.6) is 0 Å². The van der Waals surface area contributed by atoms with E-state index in [4.69, 9.17) is 0 Å². The van der Waals surface area contributed by atoms with Gasteiger partial charge in [0.1, 0.15) is 0 Å². The zero-order valence-corrected chi connectivity index (χ0v) is 13.1. The lowest BCUT2D eigenvalue weighted by molar-refractivity contribution is -0.145. The van der Waals surface area contributed by atoms with Gasteiger partial charge in [-0.05, 0) is 42.9 Å². The Balaban J connectivity index is 2.15. The SMILES string of the molecule is O=C(O)C(Cc1cccc(Br)c1)C1CCCCCC1O. The van der Waals surface area contributed by atoms with E-state index in [9.17, 15) is 15.0 Å². The minimum Gasteiger partial charge on any atom is -0.481 e. The number of carboxylic acid groups (broad SMARTS) is 1. The Morgan fingerprint density at radius 3 is 2.75 bits per heavy atom. The average molecular weight is 341 g/mol. The van der Waals surface area contributed by atoms with Crippen LogP contribution in [0.4, 0.5) is 0 Å². The van der Waals surface area contributed by atoms with Gasteiger partial charge >= 0.3 is 5.97 Å². The van der Waals surface area contributed by atoms with E-state index in [1.807, 2.05) is 24.3 Å². The number of hydrogen-bond acceptors (Lipinski definition) is 2. The zero-order valence-electron chi connectivity index (χ0n) is 11.5. The van der Waals surface area contributed by atoms with E-state index in [0.717, 1.165) is 42.1 Å². The van der Waals surface area contributed by atoms with Crippen LogP contribution < -0.4 is 0 Å². The summed E-state index contributed by atoms with van der Waals surface area (Å²) in [6.45, 7) is 0. The lowest BCUT2D eigenvalue weighted by atomic mass is 9.80. The minimum absolute atomic E-state index is 0.131. The average Bonchev–Trinajstić information content (AvgIpc) is 2.61. The fraction of sp³-hybridized carbons (Fsp3) is 0.562. The Kier molecular flexibility index (Phi) is 5.61. The molecule has 0 bridgehead atoms. The van der Waals surface area contributed by atoms with Gasteiger partial charge in [-0.3, -0.25) is 4.79 Å². The lowest BCUT2D eigenvalue weighted by Gasteiger charge is -2.27. The second-order valence-electron chi connectivity index (χ2n) is 5.65. The number of hydrogen-bond donors (Lipinski definition) is 2. The summed E-state index contributed by atoms with van der Waals surface area (Å²) >= 11 is 3.41. The highest BCUT2D eigenvalue weighted by molar-refractivity contribution is 9.10. The number of carboxylic acids is 1. The molecule has 0 radical (unpaired) electrons. The Morgan fingerprint density at radius 2 is 2.05 bits per heavy atom. The van der Waals surface area contributed by atoms with Gasteiger partial charge in [-0.25, -0.2) is 0 Å². The maximum Gasteiger partial charge on any atom is 0.307 e. The third-order valence-corrected chi connectivity index (χ3v) is 4.70. The molecule has 1 saturated carbocycles. The van der Waals surface area contributed by atoms with Crippen molar-refractivity contribution < 1.29 is 15.0 Å². The summed E-state index contributed by atoms with van der Waals surface area (Å²) in [6, 6.07) is 7.75. The van der Waals surface area contributed by atoms with E-state index < -0.39 is 18.0 Å². The van der Waals surface area contributed by atoms with Gasteiger partial charge in [-0.1, -0.05) is 47.3 Å². The van der Waals surface area contributed by atoms with Crippen LogP contribution in [0.15, 0.2) is 28.7 Å². The molecule has 3 atom stereocenters. The summed E-state index contributed by atoms with van der Waals surface area (Å²) < 4.78 is 0.959. The van der Waals surface area contributed by atoms with Crippen LogP contribution >= 0.6 is 15.9 Å². The minimum atomic E-state index is -0.795. The highest BCUT2D eigenvalue weighted by Crippen LogP contribution is 2.32. The van der Waals surface area contributed by atoms with Gasteiger partial charge in [0, 0.05) is 4.47 Å². The van der Waals surface area contributed by atoms with Gasteiger partial charge in [0.25, 0.3) is 0 Å². The molecule has 2 rings (SSSR count). The fourth-order valence-corrected chi connectivity index (χ4v) is 3.57. The topological polar surface area (TPSA) is 57.5 Å². The molecule has 1 aromatic carbocycles. The molecule has 0 saturated heterocycles. The number of rotatable bonds is 4. The second-order valence-corrected chi connectivity index (χ2v) is 6.56. The summed E-state index contributed by atoms with van der Waals surface area (Å²) in [5.74, 6) is -1.43. The van der Waals surface area contributed by atoms with Gasteiger partial charge < -0.3 is 10.2 Å². The molecule has 0 heterocycles. The van der Waals surface area contributed by atoms with Crippen molar-refractivity contribution in [3.05, 3.63) is 34.3 Å². The van der Waals surface area contributed by atoms with Crippen LogP contribution in [0, 0.1) is 11.8 Å². The fourth-order valence-electron chi connectivity index (χ4n) is 3.13. The second kappa shape index (κ2) is 7.23. The number of aliphatic carboxylic acids is 1. The van der Waals surface area contributed by atoms with Gasteiger partial charge in [0.2, 0.25) is 0 Å². The van der Waals surface area contributed by atoms with E-state index in [0.29, 0.717) is 6.42 Å².